The lowest BCUT2D eigenvalue weighted by Gasteiger charge is -2.13. The van der Waals surface area contributed by atoms with Crippen LogP contribution in [0, 0.1) is 0 Å². The van der Waals surface area contributed by atoms with Crippen LogP contribution in [0.15, 0.2) is 30.3 Å². The van der Waals surface area contributed by atoms with Crippen molar-refractivity contribution in [2.24, 2.45) is 0 Å². The molecule has 5 nitrogen and oxygen atoms in total. The van der Waals surface area contributed by atoms with Crippen LogP contribution in [0.5, 0.6) is 11.5 Å². The van der Waals surface area contributed by atoms with Crippen molar-refractivity contribution in [2.75, 3.05) is 20.4 Å². The fraction of sp³-hybridized carbons (Fsp3) is 0.312. The lowest BCUT2D eigenvalue weighted by atomic mass is 10.2. The number of quaternary nitrogens is 1. The standard InChI is InChI=1S/C16H17ClN2O3S/c1-19(8-12-3-5-15(17)23-12)9-16(20)18-7-11-2-4-13-14(6-11)22-10-21-13/h2-6H,7-10H2,1H3,(H,18,20)/p+1. The number of likely N-dealkylation sites (N-methyl/N-ethyl adjacent to an activating group) is 1. The van der Waals surface area contributed by atoms with E-state index in [0.717, 1.165) is 32.8 Å². The Morgan fingerprint density at radius 1 is 1.30 bits per heavy atom. The largest absolute Gasteiger partial charge is 0.454 e. The summed E-state index contributed by atoms with van der Waals surface area (Å²) >= 11 is 7.47. The number of ether oxygens (including phenoxy) is 2. The van der Waals surface area contributed by atoms with Crippen molar-refractivity contribution in [2.45, 2.75) is 13.1 Å². The zero-order chi connectivity index (χ0) is 16.2. The molecule has 0 saturated heterocycles. The smallest absolute Gasteiger partial charge is 0.275 e. The van der Waals surface area contributed by atoms with E-state index >= 15 is 0 Å². The normalized spacial score (nSPS) is 13.8. The Labute approximate surface area is 143 Å². The molecule has 7 heteroatoms. The van der Waals surface area contributed by atoms with Crippen molar-refractivity contribution in [1.29, 1.82) is 0 Å². The van der Waals surface area contributed by atoms with Crippen LogP contribution in [0.2, 0.25) is 4.34 Å². The van der Waals surface area contributed by atoms with Gasteiger partial charge in [-0.25, -0.2) is 0 Å². The van der Waals surface area contributed by atoms with Crippen LogP contribution in [-0.2, 0) is 17.9 Å². The molecule has 2 aromatic rings. The Balaban J connectivity index is 1.45. The number of nitrogens with one attached hydrogen (secondary N) is 2. The minimum absolute atomic E-state index is 0.0165. The van der Waals surface area contributed by atoms with E-state index in [1.807, 2.05) is 37.4 Å². The molecule has 1 aromatic heterocycles. The Morgan fingerprint density at radius 2 is 2.13 bits per heavy atom. The summed E-state index contributed by atoms with van der Waals surface area (Å²) in [5, 5.41) is 2.93. The lowest BCUT2D eigenvalue weighted by molar-refractivity contribution is -0.885. The molecule has 3 rings (SSSR count). The Morgan fingerprint density at radius 3 is 2.91 bits per heavy atom. The van der Waals surface area contributed by atoms with Crippen LogP contribution in [0.3, 0.4) is 0 Å². The number of halogens is 1. The molecule has 2 heterocycles. The van der Waals surface area contributed by atoms with E-state index in [1.54, 1.807) is 11.3 Å². The Hall–Kier alpha value is -1.76. The summed E-state index contributed by atoms with van der Waals surface area (Å²) in [6.07, 6.45) is 0. The summed E-state index contributed by atoms with van der Waals surface area (Å²) in [5.74, 6) is 1.50. The van der Waals surface area contributed by atoms with Crippen molar-refractivity contribution in [3.8, 4) is 11.5 Å². The van der Waals surface area contributed by atoms with Crippen LogP contribution in [0.4, 0.5) is 0 Å². The van der Waals surface area contributed by atoms with E-state index in [2.05, 4.69) is 5.32 Å². The zero-order valence-electron chi connectivity index (χ0n) is 12.7. The molecule has 0 radical (unpaired) electrons. The molecule has 1 aliphatic rings. The monoisotopic (exact) mass is 353 g/mol. The molecule has 0 saturated carbocycles. The van der Waals surface area contributed by atoms with Gasteiger partial charge in [0, 0.05) is 6.54 Å². The highest BCUT2D eigenvalue weighted by atomic mass is 35.5. The summed E-state index contributed by atoms with van der Waals surface area (Å²) in [6.45, 7) is 1.94. The first-order valence-corrected chi connectivity index (χ1v) is 8.50. The summed E-state index contributed by atoms with van der Waals surface area (Å²) in [4.78, 5) is 14.3. The topological polar surface area (TPSA) is 52.0 Å². The van der Waals surface area contributed by atoms with Gasteiger partial charge in [-0.05, 0) is 29.8 Å². The molecule has 0 bridgehead atoms. The molecule has 23 heavy (non-hydrogen) atoms. The van der Waals surface area contributed by atoms with Gasteiger partial charge in [-0.2, -0.15) is 0 Å². The maximum atomic E-state index is 12.0. The van der Waals surface area contributed by atoms with Crippen molar-refractivity contribution in [3.05, 3.63) is 45.1 Å². The number of carbonyl (C=O) groups excluding carboxylic acids is 1. The van der Waals surface area contributed by atoms with E-state index < -0.39 is 0 Å². The summed E-state index contributed by atoms with van der Waals surface area (Å²) in [7, 11) is 1.99. The first-order valence-electron chi connectivity index (χ1n) is 7.31. The molecule has 1 unspecified atom stereocenters. The van der Waals surface area contributed by atoms with Crippen molar-refractivity contribution in [3.63, 3.8) is 0 Å². The predicted molar refractivity (Wildman–Crippen MR) is 89.2 cm³/mol. The van der Waals surface area contributed by atoms with Gasteiger partial charge >= 0.3 is 0 Å². The van der Waals surface area contributed by atoms with Crippen molar-refractivity contribution in [1.82, 2.24) is 5.32 Å². The Bertz CT molecular complexity index is 704. The average molecular weight is 354 g/mol. The molecule has 1 amide bonds. The number of amides is 1. The Kier molecular flexibility index (Phi) is 5.05. The van der Waals surface area contributed by atoms with E-state index in [4.69, 9.17) is 21.1 Å². The number of fused-ring (bicyclic) bond motifs is 1. The third-order valence-corrected chi connectivity index (χ3v) is 4.72. The molecule has 1 aliphatic heterocycles. The first kappa shape index (κ1) is 16.1. The van der Waals surface area contributed by atoms with Crippen LogP contribution in [-0.4, -0.2) is 26.3 Å². The van der Waals surface area contributed by atoms with Crippen molar-refractivity contribution >= 4 is 28.8 Å². The maximum Gasteiger partial charge on any atom is 0.275 e. The van der Waals surface area contributed by atoms with Gasteiger partial charge in [0.1, 0.15) is 6.54 Å². The highest BCUT2D eigenvalue weighted by Crippen LogP contribution is 2.32. The van der Waals surface area contributed by atoms with Gasteiger partial charge in [-0.15, -0.1) is 11.3 Å². The molecule has 1 atom stereocenters. The molecule has 2 N–H and O–H groups in total. The van der Waals surface area contributed by atoms with Gasteiger partial charge in [0.15, 0.2) is 18.0 Å². The summed E-state index contributed by atoms with van der Waals surface area (Å²) in [6, 6.07) is 9.57. The minimum Gasteiger partial charge on any atom is -0.454 e. The van der Waals surface area contributed by atoms with Crippen LogP contribution in [0.1, 0.15) is 10.4 Å². The van der Waals surface area contributed by atoms with Crippen LogP contribution in [0.25, 0.3) is 0 Å². The molecule has 0 aliphatic carbocycles. The second kappa shape index (κ2) is 7.21. The van der Waals surface area contributed by atoms with E-state index in [9.17, 15) is 4.79 Å². The highest BCUT2D eigenvalue weighted by Gasteiger charge is 2.15. The minimum atomic E-state index is 0.0165. The zero-order valence-corrected chi connectivity index (χ0v) is 14.3. The number of hydrogen-bond acceptors (Lipinski definition) is 4. The molecule has 0 spiro atoms. The number of rotatable bonds is 6. The quantitative estimate of drug-likeness (QED) is 0.826. The van der Waals surface area contributed by atoms with Gasteiger partial charge in [0.25, 0.3) is 5.91 Å². The predicted octanol–water partition coefficient (Wildman–Crippen LogP) is 1.46. The van der Waals surface area contributed by atoms with E-state index in [-0.39, 0.29) is 12.7 Å². The third kappa shape index (κ3) is 4.37. The van der Waals surface area contributed by atoms with Gasteiger partial charge in [-0.3, -0.25) is 4.79 Å². The van der Waals surface area contributed by atoms with Crippen LogP contribution < -0.4 is 19.7 Å². The number of carbonyl (C=O) groups is 1. The number of benzene rings is 1. The van der Waals surface area contributed by atoms with Gasteiger partial charge in [0.2, 0.25) is 6.79 Å². The molecular weight excluding hydrogens is 336 g/mol. The molecule has 0 fully saturated rings. The van der Waals surface area contributed by atoms with Crippen LogP contribution >= 0.6 is 22.9 Å². The fourth-order valence-electron chi connectivity index (χ4n) is 2.39. The molecule has 1 aromatic carbocycles. The van der Waals surface area contributed by atoms with Crippen molar-refractivity contribution < 1.29 is 19.2 Å². The van der Waals surface area contributed by atoms with E-state index in [0.29, 0.717) is 13.1 Å². The second-order valence-corrected chi connectivity index (χ2v) is 7.28. The summed E-state index contributed by atoms with van der Waals surface area (Å²) in [5.41, 5.74) is 0.991. The SMILES string of the molecule is C[NH+](CC(=O)NCc1ccc2c(c1)OCO2)Cc1ccc(Cl)s1. The first-order chi connectivity index (χ1) is 11.1. The van der Waals surface area contributed by atoms with Gasteiger partial charge in [0.05, 0.1) is 16.3 Å². The summed E-state index contributed by atoms with van der Waals surface area (Å²) < 4.78 is 11.4. The third-order valence-electron chi connectivity index (χ3n) is 3.49. The van der Waals surface area contributed by atoms with Gasteiger partial charge < -0.3 is 19.7 Å². The fourth-order valence-corrected chi connectivity index (χ4v) is 3.60. The molecule has 122 valence electrons. The number of hydrogen-bond donors (Lipinski definition) is 2. The average Bonchev–Trinajstić information content (AvgIpc) is 3.13. The highest BCUT2D eigenvalue weighted by molar-refractivity contribution is 7.16. The lowest BCUT2D eigenvalue weighted by Crippen LogP contribution is -3.08. The maximum absolute atomic E-state index is 12.0. The second-order valence-electron chi connectivity index (χ2n) is 5.48. The van der Waals surface area contributed by atoms with Gasteiger partial charge in [-0.1, -0.05) is 17.7 Å². The molecular formula is C16H18ClN2O3S+. The number of thiophene rings is 1. The van der Waals surface area contributed by atoms with E-state index in [1.165, 1.54) is 4.88 Å².